The van der Waals surface area contributed by atoms with Crippen molar-refractivity contribution in [2.75, 3.05) is 27.2 Å². The molecule has 1 aliphatic heterocycles. The highest BCUT2D eigenvalue weighted by molar-refractivity contribution is 5.94. The van der Waals surface area contributed by atoms with Gasteiger partial charge in [0, 0.05) is 51.3 Å². The van der Waals surface area contributed by atoms with Crippen LogP contribution in [0.15, 0.2) is 29.3 Å². The number of likely N-dealkylation sites (tertiary alicyclic amines) is 1. The molecule has 7 nitrogen and oxygen atoms in total. The Balaban J connectivity index is 1.46. The van der Waals surface area contributed by atoms with Crippen molar-refractivity contribution in [3.63, 3.8) is 0 Å². The zero-order valence-electron chi connectivity index (χ0n) is 16.8. The lowest BCUT2D eigenvalue weighted by molar-refractivity contribution is -0.134. The number of aliphatic imine (C=N–C) groups is 1. The fourth-order valence-electron chi connectivity index (χ4n) is 4.00. The maximum atomic E-state index is 12.6. The number of guanidine groups is 1. The lowest BCUT2D eigenvalue weighted by Crippen LogP contribution is -2.45. The molecule has 1 aliphatic carbocycles. The average Bonchev–Trinajstić information content (AvgIpc) is 3.42. The smallest absolute Gasteiger partial charge is 0.251 e. The van der Waals surface area contributed by atoms with E-state index in [0.29, 0.717) is 18.0 Å². The van der Waals surface area contributed by atoms with E-state index in [-0.39, 0.29) is 17.9 Å². The summed E-state index contributed by atoms with van der Waals surface area (Å²) in [5.41, 5.74) is 1.71. The summed E-state index contributed by atoms with van der Waals surface area (Å²) in [6.45, 7) is 2.19. The lowest BCUT2D eigenvalue weighted by Gasteiger charge is -2.21. The van der Waals surface area contributed by atoms with Gasteiger partial charge in [0.25, 0.3) is 5.91 Å². The summed E-state index contributed by atoms with van der Waals surface area (Å²) in [5, 5.41) is 9.36. The van der Waals surface area contributed by atoms with Crippen LogP contribution in [0.5, 0.6) is 0 Å². The Bertz CT molecular complexity index is 710. The number of hydrogen-bond acceptors (Lipinski definition) is 3. The first-order valence-corrected chi connectivity index (χ1v) is 10.2. The van der Waals surface area contributed by atoms with Crippen molar-refractivity contribution >= 4 is 17.8 Å². The largest absolute Gasteiger partial charge is 0.355 e. The number of carbonyl (C=O) groups excluding carboxylic acids is 2. The van der Waals surface area contributed by atoms with Gasteiger partial charge in [-0.2, -0.15) is 0 Å². The standard InChI is InChI=1S/C21H31N5O2/c1-22-19(27)16-9-7-15(8-10-16)13-24-21(23-2)25-18-11-12-26(14-18)20(28)17-5-3-4-6-17/h7-10,17-18H,3-6,11-14H2,1-2H3,(H,22,27)(H2,23,24,25). The number of rotatable bonds is 5. The molecule has 2 amide bonds. The molecular weight excluding hydrogens is 354 g/mol. The third-order valence-electron chi connectivity index (χ3n) is 5.67. The molecule has 0 bridgehead atoms. The number of amides is 2. The average molecular weight is 386 g/mol. The second kappa shape index (κ2) is 9.57. The van der Waals surface area contributed by atoms with Gasteiger partial charge in [-0.15, -0.1) is 0 Å². The van der Waals surface area contributed by atoms with Crippen LogP contribution in [0.3, 0.4) is 0 Å². The van der Waals surface area contributed by atoms with Crippen LogP contribution in [-0.2, 0) is 11.3 Å². The van der Waals surface area contributed by atoms with Gasteiger partial charge in [0.1, 0.15) is 0 Å². The highest BCUT2D eigenvalue weighted by Gasteiger charge is 2.32. The molecule has 28 heavy (non-hydrogen) atoms. The van der Waals surface area contributed by atoms with Gasteiger partial charge in [0.2, 0.25) is 5.91 Å². The van der Waals surface area contributed by atoms with E-state index in [1.54, 1.807) is 14.1 Å². The minimum Gasteiger partial charge on any atom is -0.355 e. The van der Waals surface area contributed by atoms with Gasteiger partial charge in [-0.25, -0.2) is 0 Å². The summed E-state index contributed by atoms with van der Waals surface area (Å²) >= 11 is 0. The predicted octanol–water partition coefficient (Wildman–Crippen LogP) is 1.50. The van der Waals surface area contributed by atoms with E-state index < -0.39 is 0 Å². The Kier molecular flexibility index (Phi) is 6.90. The number of carbonyl (C=O) groups is 2. The maximum Gasteiger partial charge on any atom is 0.251 e. The van der Waals surface area contributed by atoms with Crippen molar-refractivity contribution in [3.8, 4) is 0 Å². The first kappa shape index (κ1) is 20.2. The molecule has 0 radical (unpaired) electrons. The summed E-state index contributed by atoms with van der Waals surface area (Å²) < 4.78 is 0. The van der Waals surface area contributed by atoms with Gasteiger partial charge in [0.15, 0.2) is 5.96 Å². The van der Waals surface area contributed by atoms with Crippen molar-refractivity contribution in [3.05, 3.63) is 35.4 Å². The SMILES string of the molecule is CN=C(NCc1ccc(C(=O)NC)cc1)NC1CCN(C(=O)C2CCCC2)C1. The Morgan fingerprint density at radius 1 is 1.14 bits per heavy atom. The van der Waals surface area contributed by atoms with E-state index >= 15 is 0 Å². The molecule has 3 rings (SSSR count). The first-order chi connectivity index (χ1) is 13.6. The van der Waals surface area contributed by atoms with Gasteiger partial charge in [-0.05, 0) is 37.0 Å². The molecular formula is C21H31N5O2. The maximum absolute atomic E-state index is 12.6. The van der Waals surface area contributed by atoms with Crippen LogP contribution in [0.25, 0.3) is 0 Å². The molecule has 1 saturated carbocycles. The second-order valence-corrected chi connectivity index (χ2v) is 7.60. The molecule has 1 heterocycles. The molecule has 1 atom stereocenters. The zero-order chi connectivity index (χ0) is 19.9. The Morgan fingerprint density at radius 3 is 2.50 bits per heavy atom. The van der Waals surface area contributed by atoms with Gasteiger partial charge in [0.05, 0.1) is 0 Å². The molecule has 1 aromatic carbocycles. The molecule has 2 fully saturated rings. The van der Waals surface area contributed by atoms with Crippen LogP contribution in [0.4, 0.5) is 0 Å². The summed E-state index contributed by atoms with van der Waals surface area (Å²) in [7, 11) is 3.37. The van der Waals surface area contributed by atoms with Gasteiger partial charge in [-0.1, -0.05) is 25.0 Å². The summed E-state index contributed by atoms with van der Waals surface area (Å²) in [6.07, 6.45) is 5.42. The Hall–Kier alpha value is -2.57. The summed E-state index contributed by atoms with van der Waals surface area (Å²) in [5.74, 6) is 1.22. The highest BCUT2D eigenvalue weighted by Crippen LogP contribution is 2.27. The molecule has 1 saturated heterocycles. The quantitative estimate of drug-likeness (QED) is 0.530. The molecule has 0 aromatic heterocycles. The molecule has 1 aromatic rings. The minimum atomic E-state index is -0.0880. The minimum absolute atomic E-state index is 0.0880. The van der Waals surface area contributed by atoms with Crippen LogP contribution in [0, 0.1) is 5.92 Å². The van der Waals surface area contributed by atoms with Crippen LogP contribution in [0.1, 0.15) is 48.0 Å². The molecule has 3 N–H and O–H groups in total. The van der Waals surface area contributed by atoms with Crippen molar-refractivity contribution in [1.29, 1.82) is 0 Å². The Morgan fingerprint density at radius 2 is 1.86 bits per heavy atom. The summed E-state index contributed by atoms with van der Waals surface area (Å²) in [4.78, 5) is 30.5. The van der Waals surface area contributed by atoms with Gasteiger partial charge >= 0.3 is 0 Å². The Labute approximate surface area is 167 Å². The molecule has 0 spiro atoms. The van der Waals surface area contributed by atoms with E-state index in [0.717, 1.165) is 43.9 Å². The van der Waals surface area contributed by atoms with Crippen molar-refractivity contribution < 1.29 is 9.59 Å². The second-order valence-electron chi connectivity index (χ2n) is 7.60. The zero-order valence-corrected chi connectivity index (χ0v) is 16.8. The third kappa shape index (κ3) is 5.03. The van der Waals surface area contributed by atoms with Gasteiger partial charge < -0.3 is 20.9 Å². The lowest BCUT2D eigenvalue weighted by atomic mass is 10.1. The monoisotopic (exact) mass is 385 g/mol. The normalized spacial score (nSPS) is 20.3. The van der Waals surface area contributed by atoms with Crippen LogP contribution in [-0.4, -0.2) is 55.9 Å². The molecule has 1 unspecified atom stereocenters. The third-order valence-corrected chi connectivity index (χ3v) is 5.67. The van der Waals surface area contributed by atoms with E-state index in [2.05, 4.69) is 20.9 Å². The van der Waals surface area contributed by atoms with E-state index in [9.17, 15) is 9.59 Å². The van der Waals surface area contributed by atoms with Crippen LogP contribution in [0.2, 0.25) is 0 Å². The van der Waals surface area contributed by atoms with Crippen molar-refractivity contribution in [2.45, 2.75) is 44.7 Å². The fourth-order valence-corrected chi connectivity index (χ4v) is 4.00. The van der Waals surface area contributed by atoms with Crippen molar-refractivity contribution in [1.82, 2.24) is 20.9 Å². The molecule has 152 valence electrons. The highest BCUT2D eigenvalue weighted by atomic mass is 16.2. The molecule has 7 heteroatoms. The van der Waals surface area contributed by atoms with Crippen LogP contribution < -0.4 is 16.0 Å². The van der Waals surface area contributed by atoms with E-state index in [4.69, 9.17) is 0 Å². The number of nitrogens with one attached hydrogen (secondary N) is 3. The van der Waals surface area contributed by atoms with Crippen molar-refractivity contribution in [2.24, 2.45) is 10.9 Å². The fraction of sp³-hybridized carbons (Fsp3) is 0.571. The molecule has 2 aliphatic rings. The topological polar surface area (TPSA) is 85.8 Å². The number of benzene rings is 1. The van der Waals surface area contributed by atoms with Crippen LogP contribution >= 0.6 is 0 Å². The van der Waals surface area contributed by atoms with E-state index in [1.165, 1.54) is 12.8 Å². The summed E-state index contributed by atoms with van der Waals surface area (Å²) in [6, 6.07) is 7.72. The predicted molar refractivity (Wildman–Crippen MR) is 110 cm³/mol. The first-order valence-electron chi connectivity index (χ1n) is 10.2. The van der Waals surface area contributed by atoms with Gasteiger partial charge in [-0.3, -0.25) is 14.6 Å². The number of hydrogen-bond donors (Lipinski definition) is 3. The number of nitrogens with zero attached hydrogens (tertiary/aromatic N) is 2. The van der Waals surface area contributed by atoms with E-state index in [1.807, 2.05) is 29.2 Å².